The highest BCUT2D eigenvalue weighted by Crippen LogP contribution is 2.27. The lowest BCUT2D eigenvalue weighted by Crippen LogP contribution is -2.37. The molecule has 1 fully saturated rings. The highest BCUT2D eigenvalue weighted by atomic mass is 32.1. The van der Waals surface area contributed by atoms with Crippen LogP contribution in [0.4, 0.5) is 0 Å². The van der Waals surface area contributed by atoms with Crippen molar-refractivity contribution in [3.8, 4) is 5.75 Å². The number of H-pyrrole nitrogens is 1. The molecule has 3 aromatic rings. The highest BCUT2D eigenvalue weighted by molar-refractivity contribution is 7.09. The van der Waals surface area contributed by atoms with Gasteiger partial charge >= 0.3 is 0 Å². The summed E-state index contributed by atoms with van der Waals surface area (Å²) in [5, 5.41) is 3.79. The number of rotatable bonds is 4. The van der Waals surface area contributed by atoms with Crippen LogP contribution in [-0.2, 0) is 6.54 Å². The monoisotopic (exact) mass is 354 g/mol. The third-order valence-electron chi connectivity index (χ3n) is 4.86. The number of hydrogen-bond acceptors (Lipinski definition) is 4. The normalized spacial score (nSPS) is 16.4. The molecular formula is C20H22N2O2S. The van der Waals surface area contributed by atoms with Crippen LogP contribution in [0.5, 0.6) is 5.75 Å². The number of nitrogens with one attached hydrogen (secondary N) is 1. The van der Waals surface area contributed by atoms with Crippen LogP contribution >= 0.6 is 11.3 Å². The van der Waals surface area contributed by atoms with Crippen molar-refractivity contribution in [1.29, 1.82) is 0 Å². The van der Waals surface area contributed by atoms with E-state index in [2.05, 4.69) is 27.4 Å². The summed E-state index contributed by atoms with van der Waals surface area (Å²) in [4.78, 5) is 18.5. The molecule has 0 bridgehead atoms. The number of nitrogens with zero attached hydrogens (tertiary/aromatic N) is 1. The maximum atomic E-state index is 11.9. The number of hydrogen-bond donors (Lipinski definition) is 1. The molecule has 130 valence electrons. The highest BCUT2D eigenvalue weighted by Gasteiger charge is 2.21. The molecule has 5 heteroatoms. The van der Waals surface area contributed by atoms with Crippen molar-refractivity contribution in [3.05, 3.63) is 62.7 Å². The van der Waals surface area contributed by atoms with Crippen molar-refractivity contribution in [2.75, 3.05) is 13.1 Å². The lowest BCUT2D eigenvalue weighted by Gasteiger charge is -2.32. The first kappa shape index (κ1) is 16.4. The Bertz CT molecular complexity index is 909. The number of thiophene rings is 1. The van der Waals surface area contributed by atoms with Gasteiger partial charge in [-0.25, -0.2) is 0 Å². The second-order valence-electron chi connectivity index (χ2n) is 6.68. The number of ether oxygens (including phenoxy) is 1. The molecule has 4 nitrogen and oxygen atoms in total. The molecule has 0 unspecified atom stereocenters. The van der Waals surface area contributed by atoms with E-state index in [-0.39, 0.29) is 11.7 Å². The van der Waals surface area contributed by atoms with Crippen LogP contribution in [0.15, 0.2) is 46.7 Å². The van der Waals surface area contributed by atoms with Gasteiger partial charge in [0.25, 0.3) is 5.56 Å². The largest absolute Gasteiger partial charge is 0.490 e. The molecule has 3 heterocycles. The summed E-state index contributed by atoms with van der Waals surface area (Å²) in [6.07, 6.45) is 4.02. The summed E-state index contributed by atoms with van der Waals surface area (Å²) in [6, 6.07) is 10.2. The number of aromatic amines is 1. The van der Waals surface area contributed by atoms with Gasteiger partial charge in [0.15, 0.2) is 0 Å². The molecular weight excluding hydrogens is 332 g/mol. The molecule has 1 aromatic carbocycles. The summed E-state index contributed by atoms with van der Waals surface area (Å²) in [5.74, 6) is 0.898. The minimum absolute atomic E-state index is 0.0472. The van der Waals surface area contributed by atoms with Crippen LogP contribution in [0.3, 0.4) is 0 Å². The van der Waals surface area contributed by atoms with Crippen LogP contribution in [0.1, 0.15) is 23.3 Å². The topological polar surface area (TPSA) is 45.3 Å². The Labute approximate surface area is 151 Å². The number of aryl methyl sites for hydroxylation is 1. The van der Waals surface area contributed by atoms with Gasteiger partial charge in [0.1, 0.15) is 11.9 Å². The van der Waals surface area contributed by atoms with Gasteiger partial charge in [-0.3, -0.25) is 9.69 Å². The van der Waals surface area contributed by atoms with E-state index < -0.39 is 0 Å². The predicted molar refractivity (Wildman–Crippen MR) is 103 cm³/mol. The molecule has 0 amide bonds. The molecule has 1 aliphatic rings. The van der Waals surface area contributed by atoms with Gasteiger partial charge in [-0.2, -0.15) is 0 Å². The molecule has 0 atom stereocenters. The van der Waals surface area contributed by atoms with E-state index in [4.69, 9.17) is 4.74 Å². The first-order valence-electron chi connectivity index (χ1n) is 8.72. The molecule has 25 heavy (non-hydrogen) atoms. The Balaban J connectivity index is 1.42. The number of fused-ring (bicyclic) bond motifs is 1. The number of aromatic nitrogens is 1. The van der Waals surface area contributed by atoms with E-state index in [0.29, 0.717) is 0 Å². The van der Waals surface area contributed by atoms with Crippen molar-refractivity contribution in [1.82, 2.24) is 9.88 Å². The molecule has 1 saturated heterocycles. The van der Waals surface area contributed by atoms with Crippen LogP contribution in [0, 0.1) is 6.92 Å². The van der Waals surface area contributed by atoms with Crippen LogP contribution < -0.4 is 10.3 Å². The van der Waals surface area contributed by atoms with E-state index >= 15 is 0 Å². The molecule has 1 aliphatic heterocycles. The Morgan fingerprint density at radius 2 is 2.12 bits per heavy atom. The summed E-state index contributed by atoms with van der Waals surface area (Å²) < 4.78 is 6.28. The average Bonchev–Trinajstić information content (AvgIpc) is 3.11. The summed E-state index contributed by atoms with van der Waals surface area (Å²) in [5.41, 5.74) is 0.972. The van der Waals surface area contributed by atoms with E-state index in [1.54, 1.807) is 6.20 Å². The van der Waals surface area contributed by atoms with E-state index in [1.807, 2.05) is 36.5 Å². The lowest BCUT2D eigenvalue weighted by molar-refractivity contribution is 0.0969. The Kier molecular flexibility index (Phi) is 4.59. The second-order valence-corrected chi connectivity index (χ2v) is 7.72. The first-order chi connectivity index (χ1) is 12.2. The Morgan fingerprint density at radius 1 is 1.28 bits per heavy atom. The maximum absolute atomic E-state index is 11.9. The zero-order valence-electron chi connectivity index (χ0n) is 14.3. The smallest absolute Gasteiger partial charge is 0.255 e. The van der Waals surface area contributed by atoms with Gasteiger partial charge in [0.05, 0.1) is 0 Å². The van der Waals surface area contributed by atoms with Crippen molar-refractivity contribution in [2.45, 2.75) is 32.4 Å². The van der Waals surface area contributed by atoms with Gasteiger partial charge in [-0.15, -0.1) is 11.3 Å². The molecule has 0 saturated carbocycles. The van der Waals surface area contributed by atoms with Crippen LogP contribution in [-0.4, -0.2) is 29.1 Å². The SMILES string of the molecule is Cc1cc2c(=O)[nH]ccc2cc1OC1CCN(Cc2cccs2)CC1. The van der Waals surface area contributed by atoms with E-state index in [9.17, 15) is 4.79 Å². The minimum Gasteiger partial charge on any atom is -0.490 e. The van der Waals surface area contributed by atoms with Gasteiger partial charge in [0.2, 0.25) is 0 Å². The molecule has 0 radical (unpaired) electrons. The van der Waals surface area contributed by atoms with Crippen LogP contribution in [0.25, 0.3) is 10.8 Å². The average molecular weight is 354 g/mol. The van der Waals surface area contributed by atoms with Crippen molar-refractivity contribution >= 4 is 22.1 Å². The van der Waals surface area contributed by atoms with Crippen LogP contribution in [0.2, 0.25) is 0 Å². The second kappa shape index (κ2) is 7.02. The molecule has 0 spiro atoms. The fourth-order valence-corrected chi connectivity index (χ4v) is 4.18. The molecule has 1 N–H and O–H groups in total. The van der Waals surface area contributed by atoms with Crippen molar-refractivity contribution in [3.63, 3.8) is 0 Å². The summed E-state index contributed by atoms with van der Waals surface area (Å²) >= 11 is 1.82. The fraction of sp³-hybridized carbons (Fsp3) is 0.350. The Hall–Kier alpha value is -2.11. The predicted octanol–water partition coefficient (Wildman–Crippen LogP) is 3.94. The van der Waals surface area contributed by atoms with Gasteiger partial charge in [0, 0.05) is 36.1 Å². The van der Waals surface area contributed by atoms with E-state index in [0.717, 1.165) is 54.6 Å². The third-order valence-corrected chi connectivity index (χ3v) is 5.72. The van der Waals surface area contributed by atoms with Gasteiger partial charge < -0.3 is 9.72 Å². The summed E-state index contributed by atoms with van der Waals surface area (Å²) in [7, 11) is 0. The zero-order valence-corrected chi connectivity index (χ0v) is 15.1. The minimum atomic E-state index is -0.0472. The number of likely N-dealkylation sites (tertiary alicyclic amines) is 1. The number of benzene rings is 1. The number of piperidine rings is 1. The standard InChI is InChI=1S/C20H22N2O2S/c1-14-11-18-15(4-7-21-20(18)23)12-19(14)24-16-5-8-22(9-6-16)13-17-3-2-10-25-17/h2-4,7,10-12,16H,5-6,8-9,13H2,1H3,(H,21,23). The summed E-state index contributed by atoms with van der Waals surface area (Å²) in [6.45, 7) is 5.18. The van der Waals surface area contributed by atoms with Gasteiger partial charge in [-0.1, -0.05) is 6.07 Å². The van der Waals surface area contributed by atoms with Crippen molar-refractivity contribution < 1.29 is 4.74 Å². The fourth-order valence-electron chi connectivity index (χ4n) is 3.44. The third kappa shape index (κ3) is 3.62. The Morgan fingerprint density at radius 3 is 2.88 bits per heavy atom. The van der Waals surface area contributed by atoms with Crippen molar-refractivity contribution in [2.24, 2.45) is 0 Å². The first-order valence-corrected chi connectivity index (χ1v) is 9.60. The number of pyridine rings is 1. The van der Waals surface area contributed by atoms with E-state index in [1.165, 1.54) is 4.88 Å². The lowest BCUT2D eigenvalue weighted by atomic mass is 10.1. The quantitative estimate of drug-likeness (QED) is 0.772. The van der Waals surface area contributed by atoms with Gasteiger partial charge in [-0.05, 0) is 60.4 Å². The molecule has 2 aromatic heterocycles. The molecule has 4 rings (SSSR count). The molecule has 0 aliphatic carbocycles. The maximum Gasteiger partial charge on any atom is 0.255 e. The zero-order chi connectivity index (χ0) is 17.2.